The van der Waals surface area contributed by atoms with Crippen molar-refractivity contribution in [3.63, 3.8) is 0 Å². The largest absolute Gasteiger partial charge is 0.382 e. The molecule has 1 unspecified atom stereocenters. The maximum Gasteiger partial charge on any atom is 0.0701 e. The second kappa shape index (κ2) is 11.2. The molecule has 0 fully saturated rings. The monoisotopic (exact) mass is 224 g/mol. The molecule has 0 rings (SSSR count). The second-order valence-electron chi connectivity index (χ2n) is 3.27. The average molecular weight is 225 g/mol. The third kappa shape index (κ3) is 10.3. The van der Waals surface area contributed by atoms with Crippen molar-refractivity contribution in [3.8, 4) is 0 Å². The molecule has 0 aromatic carbocycles. The van der Waals surface area contributed by atoms with E-state index >= 15 is 0 Å². The fraction of sp³-hybridized carbons (Fsp3) is 1.00. The highest BCUT2D eigenvalue weighted by Crippen LogP contribution is 2.03. The van der Waals surface area contributed by atoms with Crippen molar-refractivity contribution < 1.29 is 14.2 Å². The van der Waals surface area contributed by atoms with E-state index in [4.69, 9.17) is 25.8 Å². The van der Waals surface area contributed by atoms with Gasteiger partial charge in [0.15, 0.2) is 0 Å². The Morgan fingerprint density at radius 2 is 1.57 bits per heavy atom. The van der Waals surface area contributed by atoms with Crippen LogP contribution in [0.25, 0.3) is 0 Å². The molecule has 0 bridgehead atoms. The molecule has 0 amide bonds. The van der Waals surface area contributed by atoms with Crippen LogP contribution in [-0.4, -0.2) is 46.0 Å². The van der Waals surface area contributed by atoms with Crippen LogP contribution in [0.4, 0.5) is 0 Å². The summed E-state index contributed by atoms with van der Waals surface area (Å²) in [7, 11) is 1.66. The number of ether oxygens (including phenoxy) is 3. The van der Waals surface area contributed by atoms with Crippen LogP contribution in [0.3, 0.4) is 0 Å². The van der Waals surface area contributed by atoms with Crippen LogP contribution in [0.15, 0.2) is 0 Å². The molecule has 0 N–H and O–H groups in total. The SMILES string of the molecule is COCCOCCOCCC(C)CCl. The number of rotatable bonds is 10. The van der Waals surface area contributed by atoms with E-state index in [0.29, 0.717) is 38.2 Å². The smallest absolute Gasteiger partial charge is 0.0701 e. The lowest BCUT2D eigenvalue weighted by molar-refractivity contribution is 0.0226. The molecule has 1 atom stereocenters. The Kier molecular flexibility index (Phi) is 11.4. The highest BCUT2D eigenvalue weighted by Gasteiger charge is 1.98. The molecule has 0 spiro atoms. The molecule has 4 heteroatoms. The number of hydrogen-bond acceptors (Lipinski definition) is 3. The number of methoxy groups -OCH3 is 1. The van der Waals surface area contributed by atoms with Crippen LogP contribution in [0.1, 0.15) is 13.3 Å². The number of halogens is 1. The Bertz CT molecular complexity index is 112. The van der Waals surface area contributed by atoms with Crippen molar-refractivity contribution in [2.45, 2.75) is 13.3 Å². The van der Waals surface area contributed by atoms with Crippen LogP contribution in [0.2, 0.25) is 0 Å². The van der Waals surface area contributed by atoms with Crippen molar-refractivity contribution in [1.82, 2.24) is 0 Å². The first kappa shape index (κ1) is 14.2. The summed E-state index contributed by atoms with van der Waals surface area (Å²) in [6.07, 6.45) is 1.02. The Morgan fingerprint density at radius 3 is 2.14 bits per heavy atom. The van der Waals surface area contributed by atoms with E-state index in [9.17, 15) is 0 Å². The lowest BCUT2D eigenvalue weighted by Crippen LogP contribution is -2.10. The highest BCUT2D eigenvalue weighted by atomic mass is 35.5. The molecule has 14 heavy (non-hydrogen) atoms. The number of alkyl halides is 1. The topological polar surface area (TPSA) is 27.7 Å². The highest BCUT2D eigenvalue weighted by molar-refractivity contribution is 6.18. The molecule has 0 aliphatic carbocycles. The molecule has 86 valence electrons. The summed E-state index contributed by atoms with van der Waals surface area (Å²) in [6.45, 7) is 5.45. The zero-order valence-corrected chi connectivity index (χ0v) is 9.89. The van der Waals surface area contributed by atoms with Crippen LogP contribution in [0.5, 0.6) is 0 Å². The van der Waals surface area contributed by atoms with Gasteiger partial charge in [0.05, 0.1) is 26.4 Å². The normalized spacial score (nSPS) is 13.1. The van der Waals surface area contributed by atoms with Crippen molar-refractivity contribution in [3.05, 3.63) is 0 Å². The molecule has 0 saturated carbocycles. The standard InChI is InChI=1S/C10H21ClO3/c1-10(9-11)3-4-13-7-8-14-6-5-12-2/h10H,3-9H2,1-2H3. The van der Waals surface area contributed by atoms with Gasteiger partial charge in [0, 0.05) is 19.6 Å². The van der Waals surface area contributed by atoms with Crippen LogP contribution in [-0.2, 0) is 14.2 Å². The van der Waals surface area contributed by atoms with E-state index in [2.05, 4.69) is 6.92 Å². The summed E-state index contributed by atoms with van der Waals surface area (Å²) in [6, 6.07) is 0. The fourth-order valence-electron chi connectivity index (χ4n) is 0.826. The van der Waals surface area contributed by atoms with Gasteiger partial charge in [-0.1, -0.05) is 6.92 Å². The maximum atomic E-state index is 5.66. The first-order valence-electron chi connectivity index (χ1n) is 5.01. The van der Waals surface area contributed by atoms with Gasteiger partial charge in [-0.2, -0.15) is 0 Å². The molecular formula is C10H21ClO3. The van der Waals surface area contributed by atoms with Crippen molar-refractivity contribution in [1.29, 1.82) is 0 Å². The average Bonchev–Trinajstić information content (AvgIpc) is 2.21. The molecule has 0 aromatic heterocycles. The van der Waals surface area contributed by atoms with E-state index in [0.717, 1.165) is 13.0 Å². The van der Waals surface area contributed by atoms with Gasteiger partial charge in [0.1, 0.15) is 0 Å². The van der Waals surface area contributed by atoms with E-state index in [1.165, 1.54) is 0 Å². The van der Waals surface area contributed by atoms with Gasteiger partial charge in [-0.05, 0) is 12.3 Å². The van der Waals surface area contributed by atoms with E-state index in [-0.39, 0.29) is 0 Å². The van der Waals surface area contributed by atoms with E-state index in [1.54, 1.807) is 7.11 Å². The summed E-state index contributed by atoms with van der Waals surface area (Å²) >= 11 is 5.66. The molecule has 0 heterocycles. The lowest BCUT2D eigenvalue weighted by Gasteiger charge is -2.08. The second-order valence-corrected chi connectivity index (χ2v) is 3.57. The predicted molar refractivity (Wildman–Crippen MR) is 58.0 cm³/mol. The molecule has 0 aliphatic heterocycles. The van der Waals surface area contributed by atoms with Crippen molar-refractivity contribution in [2.24, 2.45) is 5.92 Å². The zero-order valence-electron chi connectivity index (χ0n) is 9.13. The minimum absolute atomic E-state index is 0.533. The summed E-state index contributed by atoms with van der Waals surface area (Å²) in [4.78, 5) is 0. The molecule has 0 radical (unpaired) electrons. The Hall–Kier alpha value is 0.170. The molecule has 3 nitrogen and oxygen atoms in total. The quantitative estimate of drug-likeness (QED) is 0.419. The molecule has 0 aromatic rings. The Labute approximate surface area is 91.7 Å². The minimum atomic E-state index is 0.533. The minimum Gasteiger partial charge on any atom is -0.382 e. The van der Waals surface area contributed by atoms with Crippen LogP contribution >= 0.6 is 11.6 Å². The third-order valence-electron chi connectivity index (χ3n) is 1.82. The zero-order chi connectivity index (χ0) is 10.6. The molecule has 0 saturated heterocycles. The third-order valence-corrected chi connectivity index (χ3v) is 2.35. The van der Waals surface area contributed by atoms with E-state index < -0.39 is 0 Å². The summed E-state index contributed by atoms with van der Waals surface area (Å²) in [5, 5.41) is 0. The van der Waals surface area contributed by atoms with Gasteiger partial charge >= 0.3 is 0 Å². The van der Waals surface area contributed by atoms with Gasteiger partial charge in [-0.3, -0.25) is 0 Å². The van der Waals surface area contributed by atoms with Gasteiger partial charge < -0.3 is 14.2 Å². The first-order chi connectivity index (χ1) is 6.81. The molecular weight excluding hydrogens is 204 g/mol. The van der Waals surface area contributed by atoms with Crippen LogP contribution < -0.4 is 0 Å². The van der Waals surface area contributed by atoms with Gasteiger partial charge in [0.25, 0.3) is 0 Å². The van der Waals surface area contributed by atoms with E-state index in [1.807, 2.05) is 0 Å². The summed E-state index contributed by atoms with van der Waals surface area (Å²) in [5.74, 6) is 1.24. The molecule has 0 aliphatic rings. The van der Waals surface area contributed by atoms with Crippen molar-refractivity contribution >= 4 is 11.6 Å². The van der Waals surface area contributed by atoms with Gasteiger partial charge in [-0.25, -0.2) is 0 Å². The number of hydrogen-bond donors (Lipinski definition) is 0. The van der Waals surface area contributed by atoms with Crippen molar-refractivity contribution in [2.75, 3.05) is 46.0 Å². The fourth-order valence-corrected chi connectivity index (χ4v) is 0.980. The Morgan fingerprint density at radius 1 is 1.00 bits per heavy atom. The van der Waals surface area contributed by atoms with Gasteiger partial charge in [-0.15, -0.1) is 11.6 Å². The van der Waals surface area contributed by atoms with Crippen LogP contribution in [0, 0.1) is 5.92 Å². The summed E-state index contributed by atoms with van der Waals surface area (Å²) in [5.41, 5.74) is 0. The van der Waals surface area contributed by atoms with Gasteiger partial charge in [0.2, 0.25) is 0 Å². The summed E-state index contributed by atoms with van der Waals surface area (Å²) < 4.78 is 15.4. The maximum absolute atomic E-state index is 5.66. The lowest BCUT2D eigenvalue weighted by atomic mass is 10.1. The Balaban J connectivity index is 2.92. The first-order valence-corrected chi connectivity index (χ1v) is 5.55. The predicted octanol–water partition coefficient (Wildman–Crippen LogP) is 1.93.